The molecule has 0 aliphatic carbocycles. The molecule has 3 rings (SSSR count). The Morgan fingerprint density at radius 2 is 2.20 bits per heavy atom. The van der Waals surface area contributed by atoms with Crippen molar-refractivity contribution in [2.24, 2.45) is 11.1 Å². The number of rotatable bonds is 6. The minimum absolute atomic E-state index is 0. The van der Waals surface area contributed by atoms with Crippen LogP contribution in [0.2, 0.25) is 5.02 Å². The summed E-state index contributed by atoms with van der Waals surface area (Å²) in [6.45, 7) is 6.38. The Kier molecular flexibility index (Phi) is 7.08. The smallest absolute Gasteiger partial charge is 0.124 e. The van der Waals surface area contributed by atoms with Crippen LogP contribution in [0.25, 0.3) is 0 Å². The van der Waals surface area contributed by atoms with E-state index in [9.17, 15) is 0 Å². The lowest BCUT2D eigenvalue weighted by Gasteiger charge is -2.23. The molecule has 2 aromatic rings. The molecule has 0 radical (unpaired) electrons. The van der Waals surface area contributed by atoms with Gasteiger partial charge in [-0.1, -0.05) is 24.6 Å². The molecule has 1 fully saturated rings. The number of halogens is 2. The average molecular weight is 382 g/mol. The molecule has 1 aliphatic heterocycles. The number of benzene rings is 1. The molecular formula is C19H25Cl2N3O. The zero-order chi connectivity index (χ0) is 17.0. The van der Waals surface area contributed by atoms with Gasteiger partial charge in [0.05, 0.1) is 0 Å². The molecule has 2 heterocycles. The van der Waals surface area contributed by atoms with Gasteiger partial charge in [-0.2, -0.15) is 0 Å². The first-order chi connectivity index (χ1) is 11.6. The van der Waals surface area contributed by atoms with E-state index in [1.165, 1.54) is 0 Å². The standard InChI is InChI=1S/C19H24ClN3O.ClH/c1-19(13-21)6-8-23(14-19)11-16-9-17(20)4-5-18(16)24-12-15-3-2-7-22-10-15;/h2-5,7,9-10H,6,8,11-14,21H2,1H3;1H. The molecule has 1 atom stereocenters. The highest BCUT2D eigenvalue weighted by molar-refractivity contribution is 6.30. The lowest BCUT2D eigenvalue weighted by atomic mass is 9.90. The summed E-state index contributed by atoms with van der Waals surface area (Å²) in [7, 11) is 0. The lowest BCUT2D eigenvalue weighted by Crippen LogP contribution is -2.31. The Bertz CT molecular complexity index is 684. The van der Waals surface area contributed by atoms with Crippen LogP contribution in [0.3, 0.4) is 0 Å². The summed E-state index contributed by atoms with van der Waals surface area (Å²) in [4.78, 5) is 6.55. The maximum Gasteiger partial charge on any atom is 0.124 e. The molecule has 0 saturated carbocycles. The zero-order valence-electron chi connectivity index (χ0n) is 14.5. The van der Waals surface area contributed by atoms with Gasteiger partial charge in [0, 0.05) is 41.6 Å². The fourth-order valence-electron chi connectivity index (χ4n) is 3.13. The minimum atomic E-state index is 0. The van der Waals surface area contributed by atoms with Gasteiger partial charge in [-0.3, -0.25) is 9.88 Å². The average Bonchev–Trinajstić information content (AvgIpc) is 2.97. The van der Waals surface area contributed by atoms with Crippen molar-refractivity contribution in [2.75, 3.05) is 19.6 Å². The van der Waals surface area contributed by atoms with Gasteiger partial charge >= 0.3 is 0 Å². The van der Waals surface area contributed by atoms with Gasteiger partial charge in [-0.25, -0.2) is 0 Å². The highest BCUT2D eigenvalue weighted by atomic mass is 35.5. The second-order valence-electron chi connectivity index (χ2n) is 6.88. The van der Waals surface area contributed by atoms with E-state index in [0.717, 1.165) is 54.5 Å². The van der Waals surface area contributed by atoms with Crippen LogP contribution in [0.1, 0.15) is 24.5 Å². The Morgan fingerprint density at radius 3 is 2.88 bits per heavy atom. The van der Waals surface area contributed by atoms with Crippen molar-refractivity contribution in [2.45, 2.75) is 26.5 Å². The monoisotopic (exact) mass is 381 g/mol. The van der Waals surface area contributed by atoms with Crippen LogP contribution in [-0.4, -0.2) is 29.5 Å². The summed E-state index contributed by atoms with van der Waals surface area (Å²) in [6.07, 6.45) is 4.72. The molecule has 2 N–H and O–H groups in total. The predicted octanol–water partition coefficient (Wildman–Crippen LogP) is 3.91. The highest BCUT2D eigenvalue weighted by Gasteiger charge is 2.32. The highest BCUT2D eigenvalue weighted by Crippen LogP contribution is 2.32. The minimum Gasteiger partial charge on any atom is -0.489 e. The number of hydrogen-bond donors (Lipinski definition) is 1. The van der Waals surface area contributed by atoms with Gasteiger partial charge in [0.25, 0.3) is 0 Å². The van der Waals surface area contributed by atoms with Crippen molar-refractivity contribution in [3.8, 4) is 5.75 Å². The van der Waals surface area contributed by atoms with Crippen molar-refractivity contribution in [1.82, 2.24) is 9.88 Å². The van der Waals surface area contributed by atoms with Gasteiger partial charge in [-0.05, 0) is 49.2 Å². The fourth-order valence-corrected chi connectivity index (χ4v) is 3.32. The molecule has 136 valence electrons. The molecule has 1 saturated heterocycles. The van der Waals surface area contributed by atoms with Gasteiger partial charge in [0.15, 0.2) is 0 Å². The van der Waals surface area contributed by atoms with Gasteiger partial charge in [-0.15, -0.1) is 12.4 Å². The van der Waals surface area contributed by atoms with Crippen LogP contribution in [0, 0.1) is 5.41 Å². The number of hydrogen-bond acceptors (Lipinski definition) is 4. The molecular weight excluding hydrogens is 357 g/mol. The Hall–Kier alpha value is -1.33. The van der Waals surface area contributed by atoms with E-state index in [2.05, 4.69) is 16.8 Å². The van der Waals surface area contributed by atoms with Crippen molar-refractivity contribution in [3.63, 3.8) is 0 Å². The van der Waals surface area contributed by atoms with Gasteiger partial charge in [0.2, 0.25) is 0 Å². The second-order valence-corrected chi connectivity index (χ2v) is 7.31. The Labute approximate surface area is 160 Å². The van der Waals surface area contributed by atoms with Crippen molar-refractivity contribution in [1.29, 1.82) is 0 Å². The van der Waals surface area contributed by atoms with Crippen LogP contribution < -0.4 is 10.5 Å². The van der Waals surface area contributed by atoms with E-state index in [0.29, 0.717) is 6.61 Å². The van der Waals surface area contributed by atoms with Crippen LogP contribution in [-0.2, 0) is 13.2 Å². The first-order valence-corrected chi connectivity index (χ1v) is 8.68. The van der Waals surface area contributed by atoms with E-state index >= 15 is 0 Å². The Balaban J connectivity index is 0.00000225. The summed E-state index contributed by atoms with van der Waals surface area (Å²) < 4.78 is 6.02. The molecule has 0 amide bonds. The molecule has 6 heteroatoms. The van der Waals surface area contributed by atoms with Crippen LogP contribution >= 0.6 is 24.0 Å². The third kappa shape index (κ3) is 5.32. The van der Waals surface area contributed by atoms with E-state index in [4.69, 9.17) is 22.1 Å². The number of pyridine rings is 1. The van der Waals surface area contributed by atoms with Crippen LogP contribution in [0.5, 0.6) is 5.75 Å². The summed E-state index contributed by atoms with van der Waals surface area (Å²) in [5, 5.41) is 0.736. The largest absolute Gasteiger partial charge is 0.489 e. The molecule has 1 unspecified atom stereocenters. The normalized spacial score (nSPS) is 20.3. The molecule has 4 nitrogen and oxygen atoms in total. The molecule has 25 heavy (non-hydrogen) atoms. The number of nitrogens with zero attached hydrogens (tertiary/aromatic N) is 2. The Morgan fingerprint density at radius 1 is 1.36 bits per heavy atom. The van der Waals surface area contributed by atoms with Crippen molar-refractivity contribution >= 4 is 24.0 Å². The number of nitrogens with two attached hydrogens (primary N) is 1. The van der Waals surface area contributed by atoms with E-state index < -0.39 is 0 Å². The van der Waals surface area contributed by atoms with Crippen LogP contribution in [0.4, 0.5) is 0 Å². The topological polar surface area (TPSA) is 51.4 Å². The maximum absolute atomic E-state index is 6.20. The third-order valence-electron chi connectivity index (χ3n) is 4.66. The van der Waals surface area contributed by atoms with Crippen molar-refractivity contribution < 1.29 is 4.74 Å². The van der Waals surface area contributed by atoms with E-state index in [1.54, 1.807) is 6.20 Å². The summed E-state index contributed by atoms with van der Waals surface area (Å²) in [5.41, 5.74) is 8.30. The number of ether oxygens (including phenoxy) is 1. The fraction of sp³-hybridized carbons (Fsp3) is 0.421. The molecule has 1 aromatic carbocycles. The van der Waals surface area contributed by atoms with Gasteiger partial charge < -0.3 is 10.5 Å². The molecule has 0 spiro atoms. The molecule has 1 aromatic heterocycles. The maximum atomic E-state index is 6.20. The quantitative estimate of drug-likeness (QED) is 0.823. The first kappa shape index (κ1) is 20.0. The first-order valence-electron chi connectivity index (χ1n) is 8.30. The summed E-state index contributed by atoms with van der Waals surface area (Å²) >= 11 is 6.20. The predicted molar refractivity (Wildman–Crippen MR) is 104 cm³/mol. The molecule has 1 aliphatic rings. The van der Waals surface area contributed by atoms with E-state index in [-0.39, 0.29) is 17.8 Å². The summed E-state index contributed by atoms with van der Waals surface area (Å²) in [6, 6.07) is 9.75. The van der Waals surface area contributed by atoms with Crippen LogP contribution in [0.15, 0.2) is 42.7 Å². The SMILES string of the molecule is CC1(CN)CCN(Cc2cc(Cl)ccc2OCc2cccnc2)C1.Cl. The number of aromatic nitrogens is 1. The second kappa shape index (κ2) is 8.86. The lowest BCUT2D eigenvalue weighted by molar-refractivity contribution is 0.262. The third-order valence-corrected chi connectivity index (χ3v) is 4.90. The molecule has 0 bridgehead atoms. The number of likely N-dealkylation sites (tertiary alicyclic amines) is 1. The summed E-state index contributed by atoms with van der Waals surface area (Å²) in [5.74, 6) is 0.879. The van der Waals surface area contributed by atoms with E-state index in [1.807, 2.05) is 36.5 Å². The zero-order valence-corrected chi connectivity index (χ0v) is 16.0. The van der Waals surface area contributed by atoms with Crippen molar-refractivity contribution in [3.05, 3.63) is 58.9 Å². The van der Waals surface area contributed by atoms with Gasteiger partial charge in [0.1, 0.15) is 12.4 Å².